The maximum absolute atomic E-state index is 12.9. The van der Waals surface area contributed by atoms with Gasteiger partial charge in [-0.25, -0.2) is 9.18 Å². The lowest BCUT2D eigenvalue weighted by molar-refractivity contribution is 0.246. The molecule has 1 aromatic heterocycles. The van der Waals surface area contributed by atoms with Crippen LogP contribution in [-0.4, -0.2) is 29.4 Å². The van der Waals surface area contributed by atoms with Gasteiger partial charge in [0, 0.05) is 17.3 Å². The van der Waals surface area contributed by atoms with E-state index in [-0.39, 0.29) is 18.5 Å². The molecule has 2 aromatic carbocycles. The molecule has 0 unspecified atom stereocenters. The van der Waals surface area contributed by atoms with Gasteiger partial charge in [0.1, 0.15) is 12.4 Å². The van der Waals surface area contributed by atoms with Crippen molar-refractivity contribution in [2.75, 3.05) is 18.5 Å². The summed E-state index contributed by atoms with van der Waals surface area (Å²) in [5, 5.41) is 13.5. The highest BCUT2D eigenvalue weighted by Gasteiger charge is 2.05. The van der Waals surface area contributed by atoms with E-state index in [0.717, 1.165) is 16.8 Å². The van der Waals surface area contributed by atoms with Crippen molar-refractivity contribution in [2.24, 2.45) is 0 Å². The van der Waals surface area contributed by atoms with Crippen molar-refractivity contribution in [1.82, 2.24) is 15.5 Å². The number of amides is 2. The zero-order chi connectivity index (χ0) is 19.1. The number of nitrogens with one attached hydrogen (secondary N) is 2. The number of benzene rings is 2. The third-order valence-electron chi connectivity index (χ3n) is 3.81. The van der Waals surface area contributed by atoms with Gasteiger partial charge in [-0.1, -0.05) is 18.2 Å². The topological polar surface area (TPSA) is 76.1 Å². The number of para-hydroxylation sites is 1. The van der Waals surface area contributed by atoms with Crippen LogP contribution >= 0.6 is 0 Å². The number of anilines is 1. The average Bonchev–Trinajstić information content (AvgIpc) is 2.68. The lowest BCUT2D eigenvalue weighted by Gasteiger charge is -2.10. The number of carbonyl (C=O) groups is 1. The van der Waals surface area contributed by atoms with Crippen LogP contribution in [0.3, 0.4) is 0 Å². The molecule has 3 aromatic rings. The third kappa shape index (κ3) is 5.24. The fraction of sp³-hybridized carbons (Fsp3) is 0.150. The molecule has 3 rings (SSSR count). The fourth-order valence-electron chi connectivity index (χ4n) is 2.37. The first-order valence-electron chi connectivity index (χ1n) is 8.45. The molecule has 0 saturated heterocycles. The lowest BCUT2D eigenvalue weighted by atomic mass is 10.1. The molecule has 2 amide bonds. The zero-order valence-corrected chi connectivity index (χ0v) is 14.8. The van der Waals surface area contributed by atoms with Gasteiger partial charge in [0.05, 0.1) is 12.2 Å². The van der Waals surface area contributed by atoms with E-state index < -0.39 is 0 Å². The molecule has 0 aliphatic carbocycles. The number of aryl methyl sites for hydroxylation is 1. The van der Waals surface area contributed by atoms with E-state index in [4.69, 9.17) is 4.74 Å². The first-order chi connectivity index (χ1) is 13.1. The van der Waals surface area contributed by atoms with Gasteiger partial charge in [-0.15, -0.1) is 10.2 Å². The van der Waals surface area contributed by atoms with Crippen LogP contribution in [0.5, 0.6) is 5.88 Å². The minimum Gasteiger partial charge on any atom is -0.475 e. The second kappa shape index (κ2) is 8.75. The molecule has 0 aliphatic rings. The van der Waals surface area contributed by atoms with Crippen molar-refractivity contribution in [2.45, 2.75) is 6.92 Å². The smallest absolute Gasteiger partial charge is 0.319 e. The summed E-state index contributed by atoms with van der Waals surface area (Å²) in [6.45, 7) is 2.50. The van der Waals surface area contributed by atoms with Crippen molar-refractivity contribution in [1.29, 1.82) is 0 Å². The Hall–Kier alpha value is -3.48. The van der Waals surface area contributed by atoms with E-state index in [0.29, 0.717) is 18.1 Å². The van der Waals surface area contributed by atoms with Crippen molar-refractivity contribution >= 4 is 11.7 Å². The minimum atomic E-state index is -0.300. The summed E-state index contributed by atoms with van der Waals surface area (Å²) in [5.41, 5.74) is 3.14. The van der Waals surface area contributed by atoms with Crippen molar-refractivity contribution in [3.05, 3.63) is 72.0 Å². The number of halogens is 1. The van der Waals surface area contributed by atoms with Gasteiger partial charge >= 0.3 is 6.03 Å². The molecule has 0 radical (unpaired) electrons. The first-order valence-corrected chi connectivity index (χ1v) is 8.45. The summed E-state index contributed by atoms with van der Waals surface area (Å²) < 4.78 is 18.4. The van der Waals surface area contributed by atoms with Gasteiger partial charge in [0.25, 0.3) is 0 Å². The molecule has 138 valence electrons. The Morgan fingerprint density at radius 3 is 2.52 bits per heavy atom. The minimum absolute atomic E-state index is 0.256. The van der Waals surface area contributed by atoms with Crippen molar-refractivity contribution in [3.63, 3.8) is 0 Å². The van der Waals surface area contributed by atoms with Gasteiger partial charge in [0.15, 0.2) is 0 Å². The molecule has 1 heterocycles. The summed E-state index contributed by atoms with van der Waals surface area (Å²) in [6, 6.07) is 16.7. The number of hydrogen-bond donors (Lipinski definition) is 2. The molecule has 0 atom stereocenters. The van der Waals surface area contributed by atoms with Crippen LogP contribution in [0, 0.1) is 12.7 Å². The van der Waals surface area contributed by atoms with Gasteiger partial charge in [-0.3, -0.25) is 0 Å². The van der Waals surface area contributed by atoms with Gasteiger partial charge in [0.2, 0.25) is 5.88 Å². The molecular weight excluding hydrogens is 347 g/mol. The Morgan fingerprint density at radius 2 is 1.81 bits per heavy atom. The van der Waals surface area contributed by atoms with Gasteiger partial charge < -0.3 is 15.4 Å². The van der Waals surface area contributed by atoms with Gasteiger partial charge in [-0.2, -0.15) is 0 Å². The molecule has 0 aliphatic heterocycles. The van der Waals surface area contributed by atoms with Crippen LogP contribution in [0.25, 0.3) is 11.3 Å². The molecule has 0 saturated carbocycles. The molecule has 0 bridgehead atoms. The lowest BCUT2D eigenvalue weighted by Crippen LogP contribution is -2.32. The summed E-state index contributed by atoms with van der Waals surface area (Å²) in [4.78, 5) is 11.9. The quantitative estimate of drug-likeness (QED) is 0.651. The monoisotopic (exact) mass is 366 g/mol. The van der Waals surface area contributed by atoms with E-state index in [9.17, 15) is 9.18 Å². The molecule has 7 heteroatoms. The number of carbonyl (C=O) groups excluding carboxylic acids is 1. The number of hydrogen-bond acceptors (Lipinski definition) is 4. The molecule has 2 N–H and O–H groups in total. The van der Waals surface area contributed by atoms with Crippen LogP contribution in [0.15, 0.2) is 60.7 Å². The second-order valence-corrected chi connectivity index (χ2v) is 5.81. The number of rotatable bonds is 6. The molecular formula is C20H19FN4O2. The predicted molar refractivity (Wildman–Crippen MR) is 101 cm³/mol. The Morgan fingerprint density at radius 1 is 1.04 bits per heavy atom. The molecule has 0 fully saturated rings. The SMILES string of the molecule is Cc1ccccc1NC(=O)NCCOc1ccc(-c2ccc(F)cc2)nn1. The molecule has 27 heavy (non-hydrogen) atoms. The Balaban J connectivity index is 1.43. The molecule has 6 nitrogen and oxygen atoms in total. The number of ether oxygens (including phenoxy) is 1. The maximum atomic E-state index is 12.9. The zero-order valence-electron chi connectivity index (χ0n) is 14.8. The van der Waals surface area contributed by atoms with E-state index in [1.165, 1.54) is 12.1 Å². The number of aromatic nitrogens is 2. The van der Waals surface area contributed by atoms with Crippen LogP contribution in [0.1, 0.15) is 5.56 Å². The van der Waals surface area contributed by atoms with Crippen molar-refractivity contribution in [3.8, 4) is 17.1 Å². The highest BCUT2D eigenvalue weighted by atomic mass is 19.1. The largest absolute Gasteiger partial charge is 0.475 e. The van der Waals surface area contributed by atoms with Crippen LogP contribution in [0.4, 0.5) is 14.9 Å². The highest BCUT2D eigenvalue weighted by Crippen LogP contribution is 2.18. The number of nitrogens with zero attached hydrogens (tertiary/aromatic N) is 2. The summed E-state index contributed by atoms with van der Waals surface area (Å²) in [5.74, 6) is 0.0487. The highest BCUT2D eigenvalue weighted by molar-refractivity contribution is 5.89. The Labute approximate surface area is 156 Å². The first kappa shape index (κ1) is 18.3. The van der Waals surface area contributed by atoms with Crippen LogP contribution < -0.4 is 15.4 Å². The summed E-state index contributed by atoms with van der Waals surface area (Å²) in [7, 11) is 0. The van der Waals surface area contributed by atoms with E-state index in [1.807, 2.05) is 31.2 Å². The Kier molecular flexibility index (Phi) is 5.94. The Bertz CT molecular complexity index is 899. The summed E-state index contributed by atoms with van der Waals surface area (Å²) in [6.07, 6.45) is 0. The standard InChI is InChI=1S/C20H19FN4O2/c1-14-4-2-3-5-17(14)23-20(26)22-12-13-27-19-11-10-18(24-25-19)15-6-8-16(21)9-7-15/h2-11H,12-13H2,1H3,(H2,22,23,26). The van der Waals surface area contributed by atoms with Crippen LogP contribution in [0.2, 0.25) is 0 Å². The maximum Gasteiger partial charge on any atom is 0.319 e. The predicted octanol–water partition coefficient (Wildman–Crippen LogP) is 3.79. The molecule has 0 spiro atoms. The third-order valence-corrected chi connectivity index (χ3v) is 3.81. The second-order valence-electron chi connectivity index (χ2n) is 5.81. The van der Waals surface area contributed by atoms with E-state index in [2.05, 4.69) is 20.8 Å². The van der Waals surface area contributed by atoms with Crippen LogP contribution in [-0.2, 0) is 0 Å². The average molecular weight is 366 g/mol. The normalized spacial score (nSPS) is 10.3. The number of urea groups is 1. The van der Waals surface area contributed by atoms with Gasteiger partial charge in [-0.05, 0) is 48.9 Å². The fourth-order valence-corrected chi connectivity index (χ4v) is 2.37. The van der Waals surface area contributed by atoms with E-state index in [1.54, 1.807) is 24.3 Å². The summed E-state index contributed by atoms with van der Waals surface area (Å²) >= 11 is 0. The van der Waals surface area contributed by atoms with E-state index >= 15 is 0 Å². The van der Waals surface area contributed by atoms with Crippen molar-refractivity contribution < 1.29 is 13.9 Å².